The van der Waals surface area contributed by atoms with E-state index >= 15 is 0 Å². The molecule has 19 heavy (non-hydrogen) atoms. The summed E-state index contributed by atoms with van der Waals surface area (Å²) in [6.07, 6.45) is 2.05. The quantitative estimate of drug-likeness (QED) is 0.854. The fourth-order valence-corrected chi connectivity index (χ4v) is 2.25. The van der Waals surface area contributed by atoms with Gasteiger partial charge in [-0.3, -0.25) is 4.79 Å². The Kier molecular flexibility index (Phi) is 4.63. The third kappa shape index (κ3) is 3.61. The second-order valence-electron chi connectivity index (χ2n) is 4.33. The molecule has 0 fully saturated rings. The number of carbonyl (C=O) groups is 1. The Hall–Kier alpha value is -1.74. The molecule has 1 amide bonds. The van der Waals surface area contributed by atoms with Crippen molar-refractivity contribution in [2.75, 3.05) is 6.26 Å². The first-order valence-electron chi connectivity index (χ1n) is 6.20. The molecule has 2 aromatic rings. The minimum Gasteiger partial charge on any atom is -0.346 e. The van der Waals surface area contributed by atoms with Crippen molar-refractivity contribution in [2.24, 2.45) is 0 Å². The van der Waals surface area contributed by atoms with E-state index in [1.165, 1.54) is 4.90 Å². The van der Waals surface area contributed by atoms with E-state index in [1.54, 1.807) is 11.8 Å². The zero-order chi connectivity index (χ0) is 13.7. The molecule has 3 heteroatoms. The number of carbonyl (C=O) groups excluding carboxylic acids is 1. The van der Waals surface area contributed by atoms with Crippen molar-refractivity contribution in [3.63, 3.8) is 0 Å². The van der Waals surface area contributed by atoms with Crippen LogP contribution in [-0.4, -0.2) is 12.2 Å². The fraction of sp³-hybridized carbons (Fsp3) is 0.188. The van der Waals surface area contributed by atoms with Crippen LogP contribution in [0.15, 0.2) is 59.5 Å². The number of hydrogen-bond acceptors (Lipinski definition) is 2. The maximum absolute atomic E-state index is 12.0. The molecule has 1 N–H and O–H groups in total. The Morgan fingerprint density at radius 3 is 2.26 bits per heavy atom. The first-order valence-corrected chi connectivity index (χ1v) is 7.43. The first kappa shape index (κ1) is 13.7. The highest BCUT2D eigenvalue weighted by atomic mass is 32.2. The van der Waals surface area contributed by atoms with Crippen LogP contribution in [-0.2, 0) is 0 Å². The summed E-state index contributed by atoms with van der Waals surface area (Å²) < 4.78 is 0. The summed E-state index contributed by atoms with van der Waals surface area (Å²) in [5, 5.41) is 3.00. The second kappa shape index (κ2) is 6.43. The molecule has 0 spiro atoms. The lowest BCUT2D eigenvalue weighted by atomic mass is 10.1. The maximum atomic E-state index is 12.0. The zero-order valence-electron chi connectivity index (χ0n) is 11.1. The molecule has 2 rings (SSSR count). The Morgan fingerprint density at radius 1 is 1.05 bits per heavy atom. The minimum absolute atomic E-state index is 0.00334. The molecule has 1 unspecified atom stereocenters. The summed E-state index contributed by atoms with van der Waals surface area (Å²) in [4.78, 5) is 13.3. The van der Waals surface area contributed by atoms with Crippen molar-refractivity contribution < 1.29 is 4.79 Å². The fourth-order valence-electron chi connectivity index (χ4n) is 1.85. The Bertz CT molecular complexity index is 536. The minimum atomic E-state index is -0.0398. The van der Waals surface area contributed by atoms with Crippen LogP contribution in [0.25, 0.3) is 0 Å². The summed E-state index contributed by atoms with van der Waals surface area (Å²) in [6.45, 7) is 1.99. The number of hydrogen-bond donors (Lipinski definition) is 1. The molecule has 0 radical (unpaired) electrons. The van der Waals surface area contributed by atoms with Crippen molar-refractivity contribution >= 4 is 17.7 Å². The van der Waals surface area contributed by atoms with Crippen molar-refractivity contribution in [1.29, 1.82) is 0 Å². The molecular formula is C16H17NOS. The molecule has 0 saturated heterocycles. The van der Waals surface area contributed by atoms with Gasteiger partial charge in [-0.25, -0.2) is 0 Å². The lowest BCUT2D eigenvalue weighted by Gasteiger charge is -2.14. The highest BCUT2D eigenvalue weighted by Crippen LogP contribution is 2.19. The van der Waals surface area contributed by atoms with Crippen molar-refractivity contribution in [3.8, 4) is 0 Å². The molecule has 0 bridgehead atoms. The van der Waals surface area contributed by atoms with Gasteiger partial charge >= 0.3 is 0 Å². The van der Waals surface area contributed by atoms with E-state index < -0.39 is 0 Å². The molecule has 98 valence electrons. The molecule has 2 nitrogen and oxygen atoms in total. The normalized spacial score (nSPS) is 11.9. The van der Waals surface area contributed by atoms with Crippen LogP contribution in [0.1, 0.15) is 28.9 Å². The van der Waals surface area contributed by atoms with Crippen LogP contribution in [0.5, 0.6) is 0 Å². The number of rotatable bonds is 4. The Balaban J connectivity index is 2.04. The van der Waals surface area contributed by atoms with Gasteiger partial charge in [0.1, 0.15) is 0 Å². The summed E-state index contributed by atoms with van der Waals surface area (Å²) in [7, 11) is 0. The molecule has 0 heterocycles. The summed E-state index contributed by atoms with van der Waals surface area (Å²) in [6, 6.07) is 17.5. The Morgan fingerprint density at radius 2 is 1.68 bits per heavy atom. The summed E-state index contributed by atoms with van der Waals surface area (Å²) in [5.74, 6) is -0.0398. The average molecular weight is 271 g/mol. The zero-order valence-corrected chi connectivity index (χ0v) is 11.9. The van der Waals surface area contributed by atoms with E-state index in [4.69, 9.17) is 0 Å². The monoisotopic (exact) mass is 271 g/mol. The number of benzene rings is 2. The van der Waals surface area contributed by atoms with E-state index in [1.807, 2.05) is 37.3 Å². The maximum Gasteiger partial charge on any atom is 0.251 e. The van der Waals surface area contributed by atoms with Gasteiger partial charge in [0, 0.05) is 10.5 Å². The standard InChI is InChI=1S/C16H17NOS/c1-12(13-8-10-15(19-2)11-9-13)17-16(18)14-6-4-3-5-7-14/h3-12H,1-2H3,(H,17,18). The molecule has 1 atom stereocenters. The van der Waals surface area contributed by atoms with Crippen molar-refractivity contribution in [2.45, 2.75) is 17.9 Å². The molecule has 2 aromatic carbocycles. The van der Waals surface area contributed by atoms with Crippen LogP contribution >= 0.6 is 11.8 Å². The molecule has 0 aliphatic heterocycles. The van der Waals surface area contributed by atoms with Crippen LogP contribution in [0, 0.1) is 0 Å². The largest absolute Gasteiger partial charge is 0.346 e. The van der Waals surface area contributed by atoms with Gasteiger partial charge in [-0.2, -0.15) is 0 Å². The molecular weight excluding hydrogens is 254 g/mol. The van der Waals surface area contributed by atoms with Gasteiger partial charge in [0.15, 0.2) is 0 Å². The van der Waals surface area contributed by atoms with Gasteiger partial charge in [0.05, 0.1) is 6.04 Å². The number of amides is 1. The number of thioether (sulfide) groups is 1. The van der Waals surface area contributed by atoms with E-state index in [0.29, 0.717) is 5.56 Å². The molecule has 0 aliphatic carbocycles. The van der Waals surface area contributed by atoms with Gasteiger partial charge in [-0.1, -0.05) is 30.3 Å². The predicted octanol–water partition coefficient (Wildman–Crippen LogP) is 3.90. The smallest absolute Gasteiger partial charge is 0.251 e. The topological polar surface area (TPSA) is 29.1 Å². The summed E-state index contributed by atoms with van der Waals surface area (Å²) >= 11 is 1.71. The lowest BCUT2D eigenvalue weighted by molar-refractivity contribution is 0.0940. The lowest BCUT2D eigenvalue weighted by Crippen LogP contribution is -2.26. The van der Waals surface area contributed by atoms with E-state index in [-0.39, 0.29) is 11.9 Å². The van der Waals surface area contributed by atoms with Gasteiger partial charge < -0.3 is 5.32 Å². The van der Waals surface area contributed by atoms with Crippen LogP contribution in [0.3, 0.4) is 0 Å². The van der Waals surface area contributed by atoms with Crippen LogP contribution < -0.4 is 5.32 Å². The highest BCUT2D eigenvalue weighted by molar-refractivity contribution is 7.98. The van der Waals surface area contributed by atoms with Crippen LogP contribution in [0.4, 0.5) is 0 Å². The Labute approximate surface area is 118 Å². The van der Waals surface area contributed by atoms with Crippen molar-refractivity contribution in [3.05, 3.63) is 65.7 Å². The van der Waals surface area contributed by atoms with Crippen LogP contribution in [0.2, 0.25) is 0 Å². The van der Waals surface area contributed by atoms with E-state index in [9.17, 15) is 4.79 Å². The predicted molar refractivity (Wildman–Crippen MR) is 80.5 cm³/mol. The third-order valence-electron chi connectivity index (χ3n) is 3.00. The van der Waals surface area contributed by atoms with E-state index in [0.717, 1.165) is 5.56 Å². The van der Waals surface area contributed by atoms with Crippen molar-refractivity contribution in [1.82, 2.24) is 5.32 Å². The molecule has 0 saturated carbocycles. The van der Waals surface area contributed by atoms with Gasteiger partial charge in [0.2, 0.25) is 0 Å². The SMILES string of the molecule is CSc1ccc(C(C)NC(=O)c2ccccc2)cc1. The van der Waals surface area contributed by atoms with Gasteiger partial charge in [-0.15, -0.1) is 11.8 Å². The summed E-state index contributed by atoms with van der Waals surface area (Å²) in [5.41, 5.74) is 1.80. The third-order valence-corrected chi connectivity index (χ3v) is 3.74. The van der Waals surface area contributed by atoms with Gasteiger partial charge in [-0.05, 0) is 43.0 Å². The molecule has 0 aliphatic rings. The highest BCUT2D eigenvalue weighted by Gasteiger charge is 2.10. The second-order valence-corrected chi connectivity index (χ2v) is 5.21. The molecule has 0 aromatic heterocycles. The average Bonchev–Trinajstić information content (AvgIpc) is 2.48. The number of nitrogens with one attached hydrogen (secondary N) is 1. The van der Waals surface area contributed by atoms with Gasteiger partial charge in [0.25, 0.3) is 5.91 Å². The van der Waals surface area contributed by atoms with E-state index in [2.05, 4.69) is 35.8 Å². The first-order chi connectivity index (χ1) is 9.20.